The predicted octanol–water partition coefficient (Wildman–Crippen LogP) is 13.7. The molecule has 342 valence electrons. The van der Waals surface area contributed by atoms with Gasteiger partial charge in [0.2, 0.25) is 0 Å². The third-order valence-corrected chi connectivity index (χ3v) is 11.9. The maximum atomic E-state index is 13.9. The molecule has 12 nitrogen and oxygen atoms in total. The maximum Gasteiger partial charge on any atom is 0.299 e. The van der Waals surface area contributed by atoms with Gasteiger partial charge >= 0.3 is 0 Å². The van der Waals surface area contributed by atoms with Gasteiger partial charge in [-0.1, -0.05) is 123 Å². The van der Waals surface area contributed by atoms with E-state index in [4.69, 9.17) is 14.2 Å². The van der Waals surface area contributed by atoms with Crippen LogP contribution in [0.3, 0.4) is 0 Å². The van der Waals surface area contributed by atoms with Crippen LogP contribution in [0.1, 0.15) is 169 Å². The van der Waals surface area contributed by atoms with Gasteiger partial charge in [0.25, 0.3) is 17.7 Å². The summed E-state index contributed by atoms with van der Waals surface area (Å²) in [7, 11) is 0.452. The molecule has 0 radical (unpaired) electrons. The molecule has 0 spiro atoms. The molecule has 13 heteroatoms. The van der Waals surface area contributed by atoms with Crippen molar-refractivity contribution in [2.75, 3.05) is 0 Å². The van der Waals surface area contributed by atoms with Crippen LogP contribution in [0.5, 0.6) is 17.2 Å². The second-order valence-electron chi connectivity index (χ2n) is 16.0. The van der Waals surface area contributed by atoms with E-state index < -0.39 is 17.7 Å². The number of nitrogens with zero attached hydrogens (tertiary/aromatic N) is 6. The molecule has 3 unspecified atom stereocenters. The first-order chi connectivity index (χ1) is 31.2. The number of carbonyl (C=O) groups is 3. The van der Waals surface area contributed by atoms with Gasteiger partial charge in [-0.15, -0.1) is 30.7 Å². The lowest BCUT2D eigenvalue weighted by atomic mass is 10.1. The molecule has 0 aliphatic heterocycles. The van der Waals surface area contributed by atoms with E-state index in [2.05, 4.69) is 72.2 Å². The van der Waals surface area contributed by atoms with Gasteiger partial charge in [-0.3, -0.25) is 14.4 Å². The van der Waals surface area contributed by atoms with Crippen LogP contribution in [0, 0.1) is 0 Å². The van der Waals surface area contributed by atoms with E-state index in [1.54, 1.807) is 66.7 Å². The van der Waals surface area contributed by atoms with Crippen LogP contribution in [0.15, 0.2) is 116 Å². The molecule has 0 saturated carbocycles. The number of ether oxygens (including phenoxy) is 3. The molecular formula is C51H68N6O6Si. The first-order valence-electron chi connectivity index (χ1n) is 23.5. The van der Waals surface area contributed by atoms with E-state index in [0.717, 1.165) is 96.3 Å². The topological polar surface area (TPSA) is 153 Å². The minimum Gasteiger partial charge on any atom is -0.490 e. The highest BCUT2D eigenvalue weighted by molar-refractivity contribution is 6.36. The summed E-state index contributed by atoms with van der Waals surface area (Å²) < 4.78 is 19.0. The lowest BCUT2D eigenvalue weighted by Crippen LogP contribution is -2.16. The second kappa shape index (κ2) is 28.2. The number of hydrogen-bond donors (Lipinski definition) is 0. The van der Waals surface area contributed by atoms with E-state index >= 15 is 0 Å². The first-order valence-corrected chi connectivity index (χ1v) is 24.5. The largest absolute Gasteiger partial charge is 0.490 e. The van der Waals surface area contributed by atoms with Crippen LogP contribution in [-0.4, -0.2) is 46.3 Å². The number of amides is 3. The summed E-state index contributed by atoms with van der Waals surface area (Å²) in [5.41, 5.74) is 1.07. The van der Waals surface area contributed by atoms with E-state index in [1.807, 2.05) is 18.2 Å². The summed E-state index contributed by atoms with van der Waals surface area (Å²) in [6.07, 6.45) is 14.5. The van der Waals surface area contributed by atoms with Gasteiger partial charge in [0.15, 0.2) is 0 Å². The van der Waals surface area contributed by atoms with Crippen molar-refractivity contribution in [3.63, 3.8) is 0 Å². The number of unbranched alkanes of at least 4 members (excludes halogenated alkanes) is 6. The molecule has 0 aliphatic carbocycles. The van der Waals surface area contributed by atoms with Crippen LogP contribution < -0.4 is 19.4 Å². The molecule has 0 N–H and O–H groups in total. The van der Waals surface area contributed by atoms with Crippen LogP contribution in [0.25, 0.3) is 0 Å². The van der Waals surface area contributed by atoms with Gasteiger partial charge in [0.1, 0.15) is 34.3 Å². The average molecular weight is 889 g/mol. The van der Waals surface area contributed by atoms with Crippen molar-refractivity contribution in [1.82, 2.24) is 0 Å². The molecule has 0 aliphatic rings. The number of rotatable bonds is 27. The van der Waals surface area contributed by atoms with Gasteiger partial charge in [-0.05, 0) is 105 Å². The Kier molecular flexibility index (Phi) is 22.4. The zero-order valence-corrected chi connectivity index (χ0v) is 41.1. The van der Waals surface area contributed by atoms with Gasteiger partial charge < -0.3 is 14.2 Å². The van der Waals surface area contributed by atoms with Gasteiger partial charge in [0, 0.05) is 10.2 Å². The van der Waals surface area contributed by atoms with Crippen LogP contribution in [0.4, 0.5) is 17.1 Å². The lowest BCUT2D eigenvalue weighted by Gasteiger charge is -2.19. The molecule has 0 fully saturated rings. The maximum absolute atomic E-state index is 13.9. The number of carbonyl (C=O) groups excluding carboxylic acids is 3. The van der Waals surface area contributed by atoms with Crippen LogP contribution in [0.2, 0.25) is 0 Å². The Morgan fingerprint density at radius 1 is 0.453 bits per heavy atom. The van der Waals surface area contributed by atoms with E-state index in [-0.39, 0.29) is 52.1 Å². The normalized spacial score (nSPS) is 13.1. The number of hydrogen-bond acceptors (Lipinski definition) is 9. The van der Waals surface area contributed by atoms with Crippen molar-refractivity contribution < 1.29 is 28.6 Å². The summed E-state index contributed by atoms with van der Waals surface area (Å²) in [5, 5.41) is 26.3. The molecule has 0 saturated heterocycles. The number of benzene rings is 4. The minimum absolute atomic E-state index is 0.0244. The summed E-state index contributed by atoms with van der Waals surface area (Å²) in [5.74, 6) is -0.626. The zero-order chi connectivity index (χ0) is 46.1. The Bertz CT molecular complexity index is 2190. The molecule has 4 aromatic carbocycles. The van der Waals surface area contributed by atoms with Crippen LogP contribution in [-0.2, 0) is 0 Å². The molecular weight excluding hydrogens is 821 g/mol. The van der Waals surface area contributed by atoms with Gasteiger partial charge in [-0.25, -0.2) is 0 Å². The Morgan fingerprint density at radius 3 is 1.16 bits per heavy atom. The first kappa shape index (κ1) is 50.9. The monoisotopic (exact) mass is 888 g/mol. The molecule has 64 heavy (non-hydrogen) atoms. The highest BCUT2D eigenvalue weighted by Gasteiger charge is 2.21. The Morgan fingerprint density at radius 2 is 0.797 bits per heavy atom. The van der Waals surface area contributed by atoms with Gasteiger partial charge in [0.05, 0.1) is 35.0 Å². The number of azo groups is 3. The summed E-state index contributed by atoms with van der Waals surface area (Å²) >= 11 is 0. The minimum atomic E-state index is -0.651. The highest BCUT2D eigenvalue weighted by Crippen LogP contribution is 2.38. The van der Waals surface area contributed by atoms with Crippen molar-refractivity contribution in [3.8, 4) is 17.2 Å². The smallest absolute Gasteiger partial charge is 0.299 e. The molecule has 4 aromatic rings. The summed E-state index contributed by atoms with van der Waals surface area (Å²) in [4.78, 5) is 41.4. The molecule has 3 amide bonds. The molecule has 3 atom stereocenters. The molecule has 4 rings (SSSR count). The fraction of sp³-hybridized carbons (Fsp3) is 0.471. The Labute approximate surface area is 383 Å². The van der Waals surface area contributed by atoms with Crippen molar-refractivity contribution in [2.45, 2.75) is 156 Å². The quantitative estimate of drug-likeness (QED) is 0.0330. The predicted molar refractivity (Wildman–Crippen MR) is 258 cm³/mol. The molecule has 0 bridgehead atoms. The highest BCUT2D eigenvalue weighted by atomic mass is 28.1. The fourth-order valence-electron chi connectivity index (χ4n) is 7.11. The van der Waals surface area contributed by atoms with Gasteiger partial charge in [-0.2, -0.15) is 0 Å². The number of para-hydroxylation sites is 3. The third kappa shape index (κ3) is 15.8. The molecule has 0 aromatic heterocycles. The van der Waals surface area contributed by atoms with E-state index in [0.29, 0.717) is 32.7 Å². The average Bonchev–Trinajstić information content (AvgIpc) is 3.31. The third-order valence-electron chi connectivity index (χ3n) is 11.1. The van der Waals surface area contributed by atoms with Crippen molar-refractivity contribution >= 4 is 50.2 Å². The Hall–Kier alpha value is -5.69. The van der Waals surface area contributed by atoms with E-state index in [9.17, 15) is 14.4 Å². The van der Waals surface area contributed by atoms with Crippen molar-refractivity contribution in [2.24, 2.45) is 30.7 Å². The van der Waals surface area contributed by atoms with Crippen molar-refractivity contribution in [1.29, 1.82) is 0 Å². The van der Waals surface area contributed by atoms with Crippen LogP contribution >= 0.6 is 0 Å². The lowest BCUT2D eigenvalue weighted by molar-refractivity contribution is 0.0976. The Balaban J connectivity index is 1.74. The fourth-order valence-corrected chi connectivity index (χ4v) is 7.61. The molecule has 0 heterocycles. The second-order valence-corrected chi connectivity index (χ2v) is 17.1. The summed E-state index contributed by atoms with van der Waals surface area (Å²) in [6, 6.07) is 24.3. The summed E-state index contributed by atoms with van der Waals surface area (Å²) in [6.45, 7) is 12.7. The zero-order valence-electron chi connectivity index (χ0n) is 39.1. The van der Waals surface area contributed by atoms with E-state index in [1.165, 1.54) is 0 Å². The standard InChI is InChI=1S/C51H68N6O6Si/c1-7-13-16-25-36(10-4)61-43-31-22-19-28-39(43)49(58)55-52-42-34-35-46(64)48(54-57-51(60)41-30-21-24-33-45(41)63-38(12-6)27-18-15-9-3)47(42)53-56-50(59)40-29-20-23-32-44(40)62-37(11-5)26-17-14-8-2/h19-24,28-38H,7-18,25-27H2,1-6,64H3. The van der Waals surface area contributed by atoms with Crippen molar-refractivity contribution in [3.05, 3.63) is 102 Å². The SMILES string of the molecule is CCCCCC(CC)Oc1ccccc1C(=O)N=Nc1ccc([SiH3])c(N=NC(=O)c2ccccc2OC(CC)CCCCC)c1N=NC(=O)c1ccccc1OC(CC)CCCCC.